The fourth-order valence-corrected chi connectivity index (χ4v) is 3.94. The molecule has 2 heterocycles. The van der Waals surface area contributed by atoms with Crippen LogP contribution in [0.4, 0.5) is 0 Å². The maximum Gasteiger partial charge on any atom is 0.218 e. The van der Waals surface area contributed by atoms with Crippen LogP contribution in [-0.4, -0.2) is 21.5 Å². The highest BCUT2D eigenvalue weighted by Gasteiger charge is 2.21. The van der Waals surface area contributed by atoms with Crippen LogP contribution < -0.4 is 10.5 Å². The Morgan fingerprint density at radius 1 is 1.07 bits per heavy atom. The van der Waals surface area contributed by atoms with Gasteiger partial charge in [-0.1, -0.05) is 30.3 Å². The third kappa shape index (κ3) is 4.30. The van der Waals surface area contributed by atoms with Crippen LogP contribution in [0.1, 0.15) is 44.4 Å². The quantitative estimate of drug-likeness (QED) is 0.472. The van der Waals surface area contributed by atoms with Crippen molar-refractivity contribution in [2.24, 2.45) is 5.73 Å². The minimum Gasteiger partial charge on any atom is -0.488 e. The molecule has 0 unspecified atom stereocenters. The minimum atomic E-state index is -0.331. The van der Waals surface area contributed by atoms with Crippen LogP contribution in [-0.2, 0) is 11.2 Å². The Kier molecular flexibility index (Phi) is 5.20. The number of benzene rings is 2. The average molecular weight is 402 g/mol. The van der Waals surface area contributed by atoms with E-state index in [1.807, 2.05) is 69.4 Å². The van der Waals surface area contributed by atoms with Gasteiger partial charge in [0.25, 0.3) is 0 Å². The van der Waals surface area contributed by atoms with E-state index < -0.39 is 0 Å². The number of pyridine rings is 1. The summed E-state index contributed by atoms with van der Waals surface area (Å²) in [5, 5.41) is 2.26. The molecular weight excluding hydrogens is 374 g/mol. The molecule has 5 heteroatoms. The number of para-hydroxylation sites is 1. The van der Waals surface area contributed by atoms with Gasteiger partial charge in [0.1, 0.15) is 11.4 Å². The predicted molar refractivity (Wildman–Crippen MR) is 121 cm³/mol. The number of nitrogens with one attached hydrogen (secondary N) is 1. The van der Waals surface area contributed by atoms with Gasteiger partial charge in [-0.15, -0.1) is 0 Å². The lowest BCUT2D eigenvalue weighted by Crippen LogP contribution is -2.22. The van der Waals surface area contributed by atoms with Crippen molar-refractivity contribution in [3.05, 3.63) is 72.1 Å². The minimum absolute atomic E-state index is 0.117. The number of hydrogen-bond acceptors (Lipinski definition) is 3. The molecule has 4 rings (SSSR count). The van der Waals surface area contributed by atoms with E-state index in [0.717, 1.165) is 38.8 Å². The smallest absolute Gasteiger partial charge is 0.218 e. The number of carbonyl (C=O) groups is 1. The second kappa shape index (κ2) is 7.82. The summed E-state index contributed by atoms with van der Waals surface area (Å²) in [6.45, 7) is 6.07. The van der Waals surface area contributed by atoms with Crippen LogP contribution in [0.3, 0.4) is 0 Å². The van der Waals surface area contributed by atoms with Crippen LogP contribution in [0.5, 0.6) is 5.75 Å². The fourth-order valence-electron chi connectivity index (χ4n) is 3.94. The molecule has 0 saturated heterocycles. The van der Waals surface area contributed by atoms with Gasteiger partial charge >= 0.3 is 0 Å². The number of fused-ring (bicyclic) bond motifs is 3. The zero-order valence-electron chi connectivity index (χ0n) is 17.6. The number of H-pyrrole nitrogens is 1. The number of rotatable bonds is 6. The van der Waals surface area contributed by atoms with E-state index in [1.165, 1.54) is 0 Å². The number of nitrogens with two attached hydrogens (primary N) is 1. The number of aromatic amines is 1. The molecular formula is C25H27N3O2. The van der Waals surface area contributed by atoms with Gasteiger partial charge in [0, 0.05) is 34.8 Å². The fraction of sp³-hybridized carbons (Fsp3) is 0.280. The molecule has 2 aromatic carbocycles. The first-order valence-electron chi connectivity index (χ1n) is 10.2. The van der Waals surface area contributed by atoms with Crippen molar-refractivity contribution in [2.45, 2.75) is 45.1 Å². The van der Waals surface area contributed by atoms with Crippen LogP contribution in [0.15, 0.2) is 60.8 Å². The van der Waals surface area contributed by atoms with E-state index in [-0.39, 0.29) is 23.8 Å². The molecule has 0 bridgehead atoms. The zero-order valence-corrected chi connectivity index (χ0v) is 17.6. The first-order valence-corrected chi connectivity index (χ1v) is 10.2. The van der Waals surface area contributed by atoms with Crippen LogP contribution in [0, 0.1) is 0 Å². The van der Waals surface area contributed by atoms with Gasteiger partial charge < -0.3 is 15.5 Å². The number of carbonyl (C=O) groups excluding carboxylic acids is 1. The summed E-state index contributed by atoms with van der Waals surface area (Å²) in [5.41, 5.74) is 9.37. The van der Waals surface area contributed by atoms with E-state index in [0.29, 0.717) is 6.42 Å². The molecule has 0 radical (unpaired) electrons. The molecule has 0 aliphatic rings. The molecule has 0 aliphatic heterocycles. The highest BCUT2D eigenvalue weighted by molar-refractivity contribution is 6.07. The summed E-state index contributed by atoms with van der Waals surface area (Å²) in [6, 6.07) is 18.2. The van der Waals surface area contributed by atoms with Gasteiger partial charge in [-0.25, -0.2) is 0 Å². The first kappa shape index (κ1) is 20.0. The largest absolute Gasteiger partial charge is 0.488 e. The molecule has 1 atom stereocenters. The van der Waals surface area contributed by atoms with Crippen LogP contribution in [0.2, 0.25) is 0 Å². The van der Waals surface area contributed by atoms with Gasteiger partial charge in [0.05, 0.1) is 11.2 Å². The standard InChI is InChI=1S/C25H27N3O2/c1-25(2,3)30-18-10-8-16(9-11-18)14-17(15-22(26)29)23-24-20(12-13-27-23)19-6-4-5-7-21(19)28-24/h4-13,17,28H,14-15H2,1-3H3,(H2,26,29)/t17-/m1/s1. The third-order valence-corrected chi connectivity index (χ3v) is 5.12. The lowest BCUT2D eigenvalue weighted by Gasteiger charge is -2.21. The van der Waals surface area contributed by atoms with Crippen molar-refractivity contribution < 1.29 is 9.53 Å². The first-order chi connectivity index (χ1) is 14.3. The number of amides is 1. The van der Waals surface area contributed by atoms with Gasteiger partial charge in [-0.2, -0.15) is 0 Å². The Hall–Kier alpha value is -3.34. The molecule has 30 heavy (non-hydrogen) atoms. The Morgan fingerprint density at radius 2 is 1.80 bits per heavy atom. The Balaban J connectivity index is 1.69. The van der Waals surface area contributed by atoms with Gasteiger partial charge in [-0.3, -0.25) is 9.78 Å². The van der Waals surface area contributed by atoms with Gasteiger partial charge in [0.2, 0.25) is 5.91 Å². The lowest BCUT2D eigenvalue weighted by molar-refractivity contribution is -0.118. The Morgan fingerprint density at radius 3 is 2.50 bits per heavy atom. The zero-order chi connectivity index (χ0) is 21.3. The number of ether oxygens (including phenoxy) is 1. The average Bonchev–Trinajstić information content (AvgIpc) is 3.06. The predicted octanol–water partition coefficient (Wildman–Crippen LogP) is 5.10. The number of nitrogens with zero attached hydrogens (tertiary/aromatic N) is 1. The summed E-state index contributed by atoms with van der Waals surface area (Å²) in [4.78, 5) is 20.0. The molecule has 154 valence electrons. The maximum atomic E-state index is 11.9. The second-order valence-corrected chi connectivity index (χ2v) is 8.72. The summed E-state index contributed by atoms with van der Waals surface area (Å²) in [6.07, 6.45) is 2.72. The Labute approximate surface area is 176 Å². The molecule has 1 amide bonds. The van der Waals surface area contributed by atoms with E-state index in [9.17, 15) is 4.79 Å². The third-order valence-electron chi connectivity index (χ3n) is 5.12. The van der Waals surface area contributed by atoms with Crippen LogP contribution in [0.25, 0.3) is 21.8 Å². The van der Waals surface area contributed by atoms with Crippen molar-refractivity contribution in [2.75, 3.05) is 0 Å². The van der Waals surface area contributed by atoms with Gasteiger partial charge in [0.15, 0.2) is 0 Å². The SMILES string of the molecule is CC(C)(C)Oc1ccc(C[C@H](CC(N)=O)c2nccc3c2[nH]c2ccccc23)cc1. The Bertz CT molecular complexity index is 1190. The summed E-state index contributed by atoms with van der Waals surface area (Å²) in [5.74, 6) is 0.379. The lowest BCUT2D eigenvalue weighted by atomic mass is 9.91. The highest BCUT2D eigenvalue weighted by atomic mass is 16.5. The summed E-state index contributed by atoms with van der Waals surface area (Å²) >= 11 is 0. The van der Waals surface area contributed by atoms with Crippen molar-refractivity contribution in [1.82, 2.24) is 9.97 Å². The van der Waals surface area contributed by atoms with E-state index in [4.69, 9.17) is 10.5 Å². The monoisotopic (exact) mass is 401 g/mol. The van der Waals surface area contributed by atoms with Crippen molar-refractivity contribution >= 4 is 27.7 Å². The van der Waals surface area contributed by atoms with Crippen molar-refractivity contribution in [3.8, 4) is 5.75 Å². The van der Waals surface area contributed by atoms with Gasteiger partial charge in [-0.05, 0) is 57.0 Å². The molecule has 5 nitrogen and oxygen atoms in total. The molecule has 4 aromatic rings. The molecule has 0 fully saturated rings. The number of hydrogen-bond donors (Lipinski definition) is 2. The number of primary amides is 1. The highest BCUT2D eigenvalue weighted by Crippen LogP contribution is 2.33. The molecule has 0 aliphatic carbocycles. The van der Waals surface area contributed by atoms with Crippen molar-refractivity contribution in [1.29, 1.82) is 0 Å². The van der Waals surface area contributed by atoms with E-state index in [2.05, 4.69) is 22.1 Å². The van der Waals surface area contributed by atoms with Crippen LogP contribution >= 0.6 is 0 Å². The number of aromatic nitrogens is 2. The van der Waals surface area contributed by atoms with E-state index >= 15 is 0 Å². The maximum absolute atomic E-state index is 11.9. The molecule has 3 N–H and O–H groups in total. The topological polar surface area (TPSA) is 81.0 Å². The normalized spacial score (nSPS) is 12.9. The van der Waals surface area contributed by atoms with Crippen molar-refractivity contribution in [3.63, 3.8) is 0 Å². The second-order valence-electron chi connectivity index (χ2n) is 8.72. The summed E-state index contributed by atoms with van der Waals surface area (Å²) in [7, 11) is 0. The molecule has 0 spiro atoms. The molecule has 0 saturated carbocycles. The molecule has 2 aromatic heterocycles. The van der Waals surface area contributed by atoms with E-state index in [1.54, 1.807) is 0 Å². The summed E-state index contributed by atoms with van der Waals surface area (Å²) < 4.78 is 5.91.